The van der Waals surface area contributed by atoms with Crippen molar-refractivity contribution in [3.63, 3.8) is 0 Å². The molecule has 0 spiro atoms. The second-order valence-electron chi connectivity index (χ2n) is 9.96. The number of nitrogens with zero attached hydrogens (tertiary/aromatic N) is 6. The van der Waals surface area contributed by atoms with Gasteiger partial charge in [0.15, 0.2) is 11.6 Å². The number of benzene rings is 1. The van der Waals surface area contributed by atoms with Crippen LogP contribution in [-0.4, -0.2) is 74.2 Å². The number of imidazole rings is 1. The number of carbonyl (C=O) groups is 1. The second kappa shape index (κ2) is 9.49. The lowest BCUT2D eigenvalue weighted by molar-refractivity contribution is -0.118. The summed E-state index contributed by atoms with van der Waals surface area (Å²) in [6, 6.07) is 6.77. The Balaban J connectivity index is 1.39. The van der Waals surface area contributed by atoms with E-state index in [1.54, 1.807) is 30.7 Å². The molecular formula is C27H28FN9O. The van der Waals surface area contributed by atoms with Crippen LogP contribution in [0.3, 0.4) is 0 Å². The Morgan fingerprint density at radius 1 is 1.11 bits per heavy atom. The number of rotatable bonds is 5. The Bertz CT molecular complexity index is 1650. The summed E-state index contributed by atoms with van der Waals surface area (Å²) in [6.45, 7) is 7.30. The van der Waals surface area contributed by atoms with Crippen molar-refractivity contribution in [3.05, 3.63) is 48.7 Å². The first kappa shape index (κ1) is 24.0. The number of H-pyrrole nitrogens is 2. The number of likely N-dealkylation sites (N-methyl/N-ethyl adjacent to an activating group) is 1. The monoisotopic (exact) mass is 513 g/mol. The molecule has 1 saturated heterocycles. The lowest BCUT2D eigenvalue weighted by atomic mass is 10.0. The highest BCUT2D eigenvalue weighted by atomic mass is 19.1. The van der Waals surface area contributed by atoms with Crippen LogP contribution >= 0.6 is 0 Å². The molecule has 5 heterocycles. The molecular weight excluding hydrogens is 485 g/mol. The predicted octanol–water partition coefficient (Wildman–Crippen LogP) is 4.05. The molecule has 38 heavy (non-hydrogen) atoms. The summed E-state index contributed by atoms with van der Waals surface area (Å²) in [5, 5.41) is 10.9. The molecule has 1 aromatic carbocycles. The zero-order valence-electron chi connectivity index (χ0n) is 21.4. The van der Waals surface area contributed by atoms with Crippen molar-refractivity contribution in [2.24, 2.45) is 5.92 Å². The number of halogens is 1. The van der Waals surface area contributed by atoms with Gasteiger partial charge >= 0.3 is 0 Å². The highest BCUT2D eigenvalue weighted by molar-refractivity contribution is 5.97. The Kier molecular flexibility index (Phi) is 5.99. The Morgan fingerprint density at radius 3 is 2.71 bits per heavy atom. The molecule has 194 valence electrons. The number of pyridine rings is 2. The number of carbonyl (C=O) groups excluding carboxylic acids is 1. The van der Waals surface area contributed by atoms with E-state index in [9.17, 15) is 4.79 Å². The molecule has 1 amide bonds. The van der Waals surface area contributed by atoms with E-state index in [1.807, 2.05) is 19.9 Å². The average Bonchev–Trinajstić information content (AvgIpc) is 3.52. The van der Waals surface area contributed by atoms with Crippen LogP contribution in [0.2, 0.25) is 0 Å². The first-order chi connectivity index (χ1) is 18.4. The minimum Gasteiger partial charge on any atom is -0.352 e. The van der Waals surface area contributed by atoms with Gasteiger partial charge in [-0.3, -0.25) is 14.9 Å². The van der Waals surface area contributed by atoms with Crippen LogP contribution in [0.1, 0.15) is 13.8 Å². The van der Waals surface area contributed by atoms with Crippen LogP contribution in [0, 0.1) is 11.7 Å². The molecule has 0 aliphatic carbocycles. The summed E-state index contributed by atoms with van der Waals surface area (Å²) < 4.78 is 15.2. The van der Waals surface area contributed by atoms with E-state index >= 15 is 4.39 Å². The van der Waals surface area contributed by atoms with Gasteiger partial charge in [0.25, 0.3) is 0 Å². The van der Waals surface area contributed by atoms with Crippen LogP contribution in [0.15, 0.2) is 42.9 Å². The van der Waals surface area contributed by atoms with Gasteiger partial charge in [0.1, 0.15) is 17.0 Å². The summed E-state index contributed by atoms with van der Waals surface area (Å²) in [4.78, 5) is 33.8. The number of nitrogens with one attached hydrogen (secondary N) is 3. The standard InChI is InChI=1S/C27H28FN9O/c1-15(2)27(38)31-17-10-16(13-29-14-17)18-11-19-22(12-20(18)28)34-35-23(19)25-32-21-4-5-30-26(24(21)33-25)37-8-6-36(3)7-9-37/h4-5,10-15H,6-9H2,1-3H3,(H,31,38)(H,32,33)(H,34,35). The third kappa shape index (κ3) is 4.34. The second-order valence-corrected chi connectivity index (χ2v) is 9.96. The van der Waals surface area contributed by atoms with Crippen molar-refractivity contribution in [2.45, 2.75) is 13.8 Å². The molecule has 5 aromatic rings. The van der Waals surface area contributed by atoms with Crippen LogP contribution in [0.4, 0.5) is 15.9 Å². The lowest BCUT2D eigenvalue weighted by Crippen LogP contribution is -2.44. The SMILES string of the molecule is CC(C)C(=O)Nc1cncc(-c2cc3c(-c4nc5c(N6CCN(C)CC6)nccc5[nH]4)n[nH]c3cc2F)c1. The molecule has 0 bridgehead atoms. The van der Waals surface area contributed by atoms with Gasteiger partial charge in [0.05, 0.1) is 22.9 Å². The molecule has 4 aromatic heterocycles. The minimum atomic E-state index is -0.423. The average molecular weight is 514 g/mol. The number of aromatic nitrogens is 6. The van der Waals surface area contributed by atoms with Crippen molar-refractivity contribution >= 4 is 39.3 Å². The highest BCUT2D eigenvalue weighted by Gasteiger charge is 2.22. The van der Waals surface area contributed by atoms with E-state index in [1.165, 1.54) is 6.07 Å². The van der Waals surface area contributed by atoms with Gasteiger partial charge in [-0.05, 0) is 25.2 Å². The van der Waals surface area contributed by atoms with Crippen LogP contribution in [-0.2, 0) is 4.79 Å². The number of amides is 1. The molecule has 3 N–H and O–H groups in total. The molecule has 1 fully saturated rings. The van der Waals surface area contributed by atoms with Crippen molar-refractivity contribution in [2.75, 3.05) is 43.4 Å². The summed E-state index contributed by atoms with van der Waals surface area (Å²) in [6.07, 6.45) is 4.90. The Morgan fingerprint density at radius 2 is 1.92 bits per heavy atom. The van der Waals surface area contributed by atoms with E-state index < -0.39 is 5.82 Å². The van der Waals surface area contributed by atoms with E-state index in [2.05, 4.69) is 47.3 Å². The van der Waals surface area contributed by atoms with E-state index in [-0.39, 0.29) is 11.8 Å². The molecule has 11 heteroatoms. The Hall–Kier alpha value is -4.38. The number of piperazine rings is 1. The van der Waals surface area contributed by atoms with E-state index in [0.717, 1.165) is 43.0 Å². The zero-order valence-corrected chi connectivity index (χ0v) is 21.4. The van der Waals surface area contributed by atoms with Crippen LogP contribution < -0.4 is 10.2 Å². The molecule has 0 radical (unpaired) electrons. The molecule has 0 unspecified atom stereocenters. The predicted molar refractivity (Wildman–Crippen MR) is 145 cm³/mol. The summed E-state index contributed by atoms with van der Waals surface area (Å²) >= 11 is 0. The fourth-order valence-electron chi connectivity index (χ4n) is 4.67. The molecule has 0 atom stereocenters. The topological polar surface area (TPSA) is 119 Å². The minimum absolute atomic E-state index is 0.132. The summed E-state index contributed by atoms with van der Waals surface area (Å²) in [7, 11) is 2.12. The van der Waals surface area contributed by atoms with Gasteiger partial charge < -0.3 is 20.1 Å². The maximum Gasteiger partial charge on any atom is 0.226 e. The van der Waals surface area contributed by atoms with Crippen LogP contribution in [0.5, 0.6) is 0 Å². The van der Waals surface area contributed by atoms with E-state index in [0.29, 0.717) is 39.2 Å². The number of aromatic amines is 2. The van der Waals surface area contributed by atoms with Crippen molar-refractivity contribution < 1.29 is 9.18 Å². The fraction of sp³-hybridized carbons (Fsp3) is 0.296. The molecule has 1 aliphatic heterocycles. The maximum atomic E-state index is 15.2. The highest BCUT2D eigenvalue weighted by Crippen LogP contribution is 2.34. The molecule has 0 saturated carbocycles. The smallest absolute Gasteiger partial charge is 0.226 e. The number of hydrogen-bond acceptors (Lipinski definition) is 7. The Labute approximate surface area is 218 Å². The normalized spacial score (nSPS) is 14.6. The van der Waals surface area contributed by atoms with Gasteiger partial charge in [0, 0.05) is 67.1 Å². The number of anilines is 2. The quantitative estimate of drug-likeness (QED) is 0.324. The third-order valence-corrected chi connectivity index (χ3v) is 6.90. The summed E-state index contributed by atoms with van der Waals surface area (Å²) in [5.41, 5.74) is 4.18. The first-order valence-electron chi connectivity index (χ1n) is 12.6. The first-order valence-corrected chi connectivity index (χ1v) is 12.6. The van der Waals surface area contributed by atoms with Gasteiger partial charge in [-0.2, -0.15) is 5.10 Å². The summed E-state index contributed by atoms with van der Waals surface area (Å²) in [5.74, 6) is 0.676. The van der Waals surface area contributed by atoms with Crippen molar-refractivity contribution in [1.82, 2.24) is 35.0 Å². The molecule has 1 aliphatic rings. The van der Waals surface area contributed by atoms with E-state index in [4.69, 9.17) is 4.98 Å². The van der Waals surface area contributed by atoms with Gasteiger partial charge in [-0.15, -0.1) is 0 Å². The zero-order chi connectivity index (χ0) is 26.4. The maximum absolute atomic E-state index is 15.2. The molecule has 10 nitrogen and oxygen atoms in total. The van der Waals surface area contributed by atoms with Gasteiger partial charge in [-0.25, -0.2) is 14.4 Å². The molecule has 6 rings (SSSR count). The van der Waals surface area contributed by atoms with Gasteiger partial charge in [-0.1, -0.05) is 13.8 Å². The lowest BCUT2D eigenvalue weighted by Gasteiger charge is -2.33. The fourth-order valence-corrected chi connectivity index (χ4v) is 4.67. The third-order valence-electron chi connectivity index (χ3n) is 6.90. The largest absolute Gasteiger partial charge is 0.352 e. The number of fused-ring (bicyclic) bond motifs is 2. The van der Waals surface area contributed by atoms with Crippen LogP contribution in [0.25, 0.3) is 44.6 Å². The van der Waals surface area contributed by atoms with Crippen molar-refractivity contribution in [3.8, 4) is 22.6 Å². The number of hydrogen-bond donors (Lipinski definition) is 3. The van der Waals surface area contributed by atoms with Crippen molar-refractivity contribution in [1.29, 1.82) is 0 Å². The van der Waals surface area contributed by atoms with Gasteiger partial charge in [0.2, 0.25) is 5.91 Å².